The molecule has 0 spiro atoms. The first-order valence-corrected chi connectivity index (χ1v) is 6.59. The standard InChI is InChI=1S/C9H13NO2S2/c1-3-7-10-14(11,12)9-6-5-8(4-2)13-9/h3,5-6,10H,1,4,7H2,2H3. The molecular formula is C9H13NO2S2. The van der Waals surface area contributed by atoms with E-state index in [1.807, 2.05) is 13.0 Å². The Labute approximate surface area is 88.5 Å². The number of sulfonamides is 1. The molecule has 1 aromatic rings. The molecule has 0 aliphatic rings. The van der Waals surface area contributed by atoms with Crippen molar-refractivity contribution in [2.75, 3.05) is 6.54 Å². The Hall–Kier alpha value is -0.650. The summed E-state index contributed by atoms with van der Waals surface area (Å²) in [6.45, 7) is 5.72. The SMILES string of the molecule is C=CCNS(=O)(=O)c1ccc(CC)s1. The van der Waals surface area contributed by atoms with Gasteiger partial charge in [-0.25, -0.2) is 13.1 Å². The number of hydrogen-bond donors (Lipinski definition) is 1. The quantitative estimate of drug-likeness (QED) is 0.785. The average Bonchev–Trinajstić information content (AvgIpc) is 2.63. The van der Waals surface area contributed by atoms with Gasteiger partial charge in [0.25, 0.3) is 0 Å². The lowest BCUT2D eigenvalue weighted by atomic mass is 10.4. The highest BCUT2D eigenvalue weighted by molar-refractivity contribution is 7.91. The Morgan fingerprint density at radius 3 is 2.79 bits per heavy atom. The van der Waals surface area contributed by atoms with Gasteiger partial charge in [0.1, 0.15) is 4.21 Å². The molecule has 0 bridgehead atoms. The summed E-state index contributed by atoms with van der Waals surface area (Å²) in [4.78, 5) is 1.07. The molecule has 0 saturated carbocycles. The lowest BCUT2D eigenvalue weighted by molar-refractivity contribution is 0.588. The highest BCUT2D eigenvalue weighted by Crippen LogP contribution is 2.21. The Bertz CT molecular complexity index is 406. The highest BCUT2D eigenvalue weighted by Gasteiger charge is 2.14. The Morgan fingerprint density at radius 2 is 2.29 bits per heavy atom. The molecule has 1 N–H and O–H groups in total. The van der Waals surface area contributed by atoms with Crippen LogP contribution in [0.25, 0.3) is 0 Å². The van der Waals surface area contributed by atoms with Crippen LogP contribution in [0, 0.1) is 0 Å². The van der Waals surface area contributed by atoms with Crippen molar-refractivity contribution in [2.45, 2.75) is 17.6 Å². The van der Waals surface area contributed by atoms with Gasteiger partial charge in [-0.05, 0) is 18.6 Å². The average molecular weight is 231 g/mol. The van der Waals surface area contributed by atoms with Crippen molar-refractivity contribution >= 4 is 21.4 Å². The van der Waals surface area contributed by atoms with Crippen LogP contribution in [-0.2, 0) is 16.4 Å². The van der Waals surface area contributed by atoms with Gasteiger partial charge in [0.15, 0.2) is 0 Å². The fraction of sp³-hybridized carbons (Fsp3) is 0.333. The largest absolute Gasteiger partial charge is 0.250 e. The first-order chi connectivity index (χ1) is 6.60. The van der Waals surface area contributed by atoms with E-state index in [0.29, 0.717) is 4.21 Å². The van der Waals surface area contributed by atoms with Crippen LogP contribution in [0.4, 0.5) is 0 Å². The normalized spacial score (nSPS) is 11.5. The fourth-order valence-corrected chi connectivity index (χ4v) is 3.27. The van der Waals surface area contributed by atoms with Crippen molar-refractivity contribution in [2.24, 2.45) is 0 Å². The van der Waals surface area contributed by atoms with E-state index in [1.165, 1.54) is 17.4 Å². The van der Waals surface area contributed by atoms with Crippen molar-refractivity contribution in [1.29, 1.82) is 0 Å². The maximum absolute atomic E-state index is 11.6. The number of rotatable bonds is 5. The Balaban J connectivity index is 2.86. The van der Waals surface area contributed by atoms with Gasteiger partial charge in [0.2, 0.25) is 10.0 Å². The molecule has 0 radical (unpaired) electrons. The monoisotopic (exact) mass is 231 g/mol. The third kappa shape index (κ3) is 2.67. The summed E-state index contributed by atoms with van der Waals surface area (Å²) in [5, 5.41) is 0. The molecule has 1 heterocycles. The molecule has 0 aliphatic carbocycles. The summed E-state index contributed by atoms with van der Waals surface area (Å²) in [5.74, 6) is 0. The summed E-state index contributed by atoms with van der Waals surface area (Å²) in [6, 6.07) is 3.47. The molecule has 0 aromatic carbocycles. The topological polar surface area (TPSA) is 46.2 Å². The smallest absolute Gasteiger partial charge is 0.207 e. The lowest BCUT2D eigenvalue weighted by Crippen LogP contribution is -2.22. The first-order valence-electron chi connectivity index (χ1n) is 4.29. The fourth-order valence-electron chi connectivity index (χ4n) is 0.932. The van der Waals surface area contributed by atoms with Crippen LogP contribution in [0.15, 0.2) is 29.0 Å². The molecule has 0 unspecified atom stereocenters. The highest BCUT2D eigenvalue weighted by atomic mass is 32.2. The van der Waals surface area contributed by atoms with E-state index in [9.17, 15) is 8.42 Å². The van der Waals surface area contributed by atoms with E-state index >= 15 is 0 Å². The molecular weight excluding hydrogens is 218 g/mol. The third-order valence-corrected chi connectivity index (χ3v) is 4.81. The van der Waals surface area contributed by atoms with Gasteiger partial charge in [-0.2, -0.15) is 0 Å². The minimum Gasteiger partial charge on any atom is -0.207 e. The molecule has 0 atom stereocenters. The van der Waals surface area contributed by atoms with E-state index < -0.39 is 10.0 Å². The molecule has 0 aliphatic heterocycles. The summed E-state index contributed by atoms with van der Waals surface area (Å²) in [6.07, 6.45) is 2.38. The van der Waals surface area contributed by atoms with Crippen LogP contribution in [0.5, 0.6) is 0 Å². The molecule has 0 fully saturated rings. The minimum absolute atomic E-state index is 0.266. The molecule has 1 rings (SSSR count). The third-order valence-electron chi connectivity index (χ3n) is 1.67. The molecule has 1 aromatic heterocycles. The number of thiophene rings is 1. The van der Waals surface area contributed by atoms with Crippen LogP contribution in [0.2, 0.25) is 0 Å². The van der Waals surface area contributed by atoms with Gasteiger partial charge in [-0.15, -0.1) is 17.9 Å². The molecule has 14 heavy (non-hydrogen) atoms. The van der Waals surface area contributed by atoms with Gasteiger partial charge in [0.05, 0.1) is 0 Å². The van der Waals surface area contributed by atoms with Gasteiger partial charge in [-0.1, -0.05) is 13.0 Å². The molecule has 78 valence electrons. The second-order valence-corrected chi connectivity index (χ2v) is 5.88. The van der Waals surface area contributed by atoms with Gasteiger partial charge in [0, 0.05) is 11.4 Å². The summed E-state index contributed by atoms with van der Waals surface area (Å²) in [5.41, 5.74) is 0. The number of hydrogen-bond acceptors (Lipinski definition) is 3. The maximum atomic E-state index is 11.6. The second kappa shape index (κ2) is 4.72. The van der Waals surface area contributed by atoms with Crippen molar-refractivity contribution < 1.29 is 8.42 Å². The summed E-state index contributed by atoms with van der Waals surface area (Å²) in [7, 11) is -3.31. The predicted molar refractivity (Wildman–Crippen MR) is 59.1 cm³/mol. The van der Waals surface area contributed by atoms with Gasteiger partial charge in [-0.3, -0.25) is 0 Å². The van der Waals surface area contributed by atoms with Crippen molar-refractivity contribution in [1.82, 2.24) is 4.72 Å². The molecule has 3 nitrogen and oxygen atoms in total. The van der Waals surface area contributed by atoms with Crippen LogP contribution < -0.4 is 4.72 Å². The van der Waals surface area contributed by atoms with Crippen molar-refractivity contribution in [3.05, 3.63) is 29.7 Å². The van der Waals surface area contributed by atoms with Crippen molar-refractivity contribution in [3.63, 3.8) is 0 Å². The zero-order valence-electron chi connectivity index (χ0n) is 7.99. The van der Waals surface area contributed by atoms with E-state index in [2.05, 4.69) is 11.3 Å². The summed E-state index contributed by atoms with van der Waals surface area (Å²) < 4.78 is 25.9. The Kier molecular flexibility index (Phi) is 3.86. The van der Waals surface area contributed by atoms with E-state index in [1.54, 1.807) is 6.07 Å². The van der Waals surface area contributed by atoms with Crippen LogP contribution >= 0.6 is 11.3 Å². The maximum Gasteiger partial charge on any atom is 0.250 e. The zero-order valence-corrected chi connectivity index (χ0v) is 9.62. The summed E-state index contributed by atoms with van der Waals surface area (Å²) >= 11 is 1.31. The minimum atomic E-state index is -3.31. The van der Waals surface area contributed by atoms with Gasteiger partial charge < -0.3 is 0 Å². The molecule has 0 saturated heterocycles. The number of aryl methyl sites for hydroxylation is 1. The molecule has 0 amide bonds. The van der Waals surface area contributed by atoms with Crippen LogP contribution in [-0.4, -0.2) is 15.0 Å². The molecule has 5 heteroatoms. The zero-order chi connectivity index (χ0) is 10.6. The lowest BCUT2D eigenvalue weighted by Gasteiger charge is -2.00. The van der Waals surface area contributed by atoms with Crippen LogP contribution in [0.3, 0.4) is 0 Å². The van der Waals surface area contributed by atoms with E-state index in [4.69, 9.17) is 0 Å². The predicted octanol–water partition coefficient (Wildman–Crippen LogP) is 1.77. The van der Waals surface area contributed by atoms with E-state index in [0.717, 1.165) is 11.3 Å². The first kappa shape index (κ1) is 11.4. The Morgan fingerprint density at radius 1 is 1.57 bits per heavy atom. The van der Waals surface area contributed by atoms with Crippen LogP contribution in [0.1, 0.15) is 11.8 Å². The number of nitrogens with one attached hydrogen (secondary N) is 1. The van der Waals surface area contributed by atoms with Gasteiger partial charge >= 0.3 is 0 Å². The van der Waals surface area contributed by atoms with E-state index in [-0.39, 0.29) is 6.54 Å². The van der Waals surface area contributed by atoms with Crippen molar-refractivity contribution in [3.8, 4) is 0 Å². The second-order valence-electron chi connectivity index (χ2n) is 2.71.